The van der Waals surface area contributed by atoms with E-state index in [0.29, 0.717) is 24.3 Å². The average molecular weight is 248 g/mol. The number of benzene rings is 1. The molecular weight excluding hydrogens is 228 g/mol. The fourth-order valence-electron chi connectivity index (χ4n) is 2.42. The van der Waals surface area contributed by atoms with E-state index in [1.165, 1.54) is 0 Å². The minimum Gasteiger partial charge on any atom is -0.399 e. The van der Waals surface area contributed by atoms with Gasteiger partial charge >= 0.3 is 0 Å². The van der Waals surface area contributed by atoms with E-state index in [9.17, 15) is 4.79 Å². The van der Waals surface area contributed by atoms with Crippen LogP contribution in [0.2, 0.25) is 0 Å². The molecule has 1 aromatic carbocycles. The van der Waals surface area contributed by atoms with Gasteiger partial charge in [0.1, 0.15) is 0 Å². The standard InChI is InChI=1S/C14H20N2O2/c1-10-8-16(9-14(2,3)18-10)13(17)11-4-6-12(15)7-5-11/h4-7,10H,8-9,15H2,1-3H3. The van der Waals surface area contributed by atoms with Crippen molar-refractivity contribution in [3.05, 3.63) is 29.8 Å². The smallest absolute Gasteiger partial charge is 0.254 e. The highest BCUT2D eigenvalue weighted by molar-refractivity contribution is 5.94. The van der Waals surface area contributed by atoms with E-state index < -0.39 is 0 Å². The molecule has 1 atom stereocenters. The Labute approximate surface area is 108 Å². The monoisotopic (exact) mass is 248 g/mol. The molecule has 98 valence electrons. The van der Waals surface area contributed by atoms with Gasteiger partial charge in [-0.25, -0.2) is 0 Å². The molecule has 4 heteroatoms. The maximum Gasteiger partial charge on any atom is 0.254 e. The van der Waals surface area contributed by atoms with Gasteiger partial charge in [-0.15, -0.1) is 0 Å². The quantitative estimate of drug-likeness (QED) is 0.772. The molecule has 1 aliphatic heterocycles. The van der Waals surface area contributed by atoms with Crippen molar-refractivity contribution in [2.45, 2.75) is 32.5 Å². The molecule has 1 fully saturated rings. The number of hydrogen-bond acceptors (Lipinski definition) is 3. The molecule has 1 heterocycles. The fraction of sp³-hybridized carbons (Fsp3) is 0.500. The van der Waals surface area contributed by atoms with Crippen molar-refractivity contribution in [2.24, 2.45) is 0 Å². The van der Waals surface area contributed by atoms with E-state index in [2.05, 4.69) is 0 Å². The summed E-state index contributed by atoms with van der Waals surface area (Å²) in [6.07, 6.45) is 0.0616. The summed E-state index contributed by atoms with van der Waals surface area (Å²) in [4.78, 5) is 14.2. The Morgan fingerprint density at radius 3 is 2.56 bits per heavy atom. The minimum absolute atomic E-state index is 0.0400. The zero-order chi connectivity index (χ0) is 13.3. The zero-order valence-electron chi connectivity index (χ0n) is 11.1. The summed E-state index contributed by atoms with van der Waals surface area (Å²) >= 11 is 0. The lowest BCUT2D eigenvalue weighted by molar-refractivity contribution is -0.118. The van der Waals surface area contributed by atoms with E-state index in [1.807, 2.05) is 25.7 Å². The van der Waals surface area contributed by atoms with Gasteiger partial charge in [-0.1, -0.05) is 0 Å². The Hall–Kier alpha value is -1.55. The Balaban J connectivity index is 2.16. The molecule has 0 spiro atoms. The number of hydrogen-bond donors (Lipinski definition) is 1. The highest BCUT2D eigenvalue weighted by atomic mass is 16.5. The number of amides is 1. The molecule has 0 saturated carbocycles. The van der Waals surface area contributed by atoms with Crippen molar-refractivity contribution in [3.8, 4) is 0 Å². The average Bonchev–Trinajstić information content (AvgIpc) is 2.26. The van der Waals surface area contributed by atoms with Crippen molar-refractivity contribution < 1.29 is 9.53 Å². The van der Waals surface area contributed by atoms with Crippen LogP contribution in [-0.4, -0.2) is 35.6 Å². The van der Waals surface area contributed by atoms with E-state index in [-0.39, 0.29) is 17.6 Å². The van der Waals surface area contributed by atoms with E-state index in [0.717, 1.165) is 0 Å². The second kappa shape index (κ2) is 4.61. The van der Waals surface area contributed by atoms with Crippen LogP contribution in [0.15, 0.2) is 24.3 Å². The fourth-order valence-corrected chi connectivity index (χ4v) is 2.42. The summed E-state index contributed by atoms with van der Waals surface area (Å²) in [5.41, 5.74) is 6.68. The Bertz CT molecular complexity index is 440. The topological polar surface area (TPSA) is 55.6 Å². The Morgan fingerprint density at radius 1 is 1.39 bits per heavy atom. The number of nitrogens with zero attached hydrogens (tertiary/aromatic N) is 1. The van der Waals surface area contributed by atoms with Gasteiger partial charge in [-0.05, 0) is 45.0 Å². The number of carbonyl (C=O) groups is 1. The normalized spacial score (nSPS) is 22.8. The molecular formula is C14H20N2O2. The maximum atomic E-state index is 12.4. The molecule has 0 aromatic heterocycles. The molecule has 1 unspecified atom stereocenters. The van der Waals surface area contributed by atoms with Gasteiger partial charge in [-0.2, -0.15) is 0 Å². The summed E-state index contributed by atoms with van der Waals surface area (Å²) in [6.45, 7) is 7.25. The van der Waals surface area contributed by atoms with Gasteiger partial charge in [-0.3, -0.25) is 4.79 Å². The van der Waals surface area contributed by atoms with E-state index >= 15 is 0 Å². The molecule has 2 rings (SSSR count). The largest absolute Gasteiger partial charge is 0.399 e. The third kappa shape index (κ3) is 2.82. The molecule has 1 aromatic rings. The lowest BCUT2D eigenvalue weighted by atomic mass is 10.0. The first-order chi connectivity index (χ1) is 8.37. The Kier molecular flexibility index (Phi) is 3.30. The predicted molar refractivity (Wildman–Crippen MR) is 71.4 cm³/mol. The van der Waals surface area contributed by atoms with E-state index in [4.69, 9.17) is 10.5 Å². The predicted octanol–water partition coefficient (Wildman–Crippen LogP) is 1.91. The number of rotatable bonds is 1. The number of carbonyl (C=O) groups excluding carboxylic acids is 1. The van der Waals surface area contributed by atoms with Crippen LogP contribution in [0.1, 0.15) is 31.1 Å². The van der Waals surface area contributed by atoms with Crippen LogP contribution in [0, 0.1) is 0 Å². The van der Waals surface area contributed by atoms with Crippen LogP contribution in [-0.2, 0) is 4.74 Å². The molecule has 0 aliphatic carbocycles. The summed E-state index contributed by atoms with van der Waals surface area (Å²) in [5, 5.41) is 0. The highest BCUT2D eigenvalue weighted by Gasteiger charge is 2.33. The first kappa shape index (κ1) is 12.9. The van der Waals surface area contributed by atoms with Crippen LogP contribution in [0.4, 0.5) is 5.69 Å². The van der Waals surface area contributed by atoms with Crippen LogP contribution in [0.3, 0.4) is 0 Å². The molecule has 2 N–H and O–H groups in total. The lowest BCUT2D eigenvalue weighted by Crippen LogP contribution is -2.53. The van der Waals surface area contributed by atoms with Crippen molar-refractivity contribution in [1.29, 1.82) is 0 Å². The molecule has 0 bridgehead atoms. The molecule has 1 amide bonds. The maximum absolute atomic E-state index is 12.4. The Morgan fingerprint density at radius 2 is 2.00 bits per heavy atom. The number of morpholine rings is 1. The van der Waals surface area contributed by atoms with Crippen LogP contribution in [0.25, 0.3) is 0 Å². The van der Waals surface area contributed by atoms with Crippen molar-refractivity contribution in [1.82, 2.24) is 4.90 Å². The first-order valence-corrected chi connectivity index (χ1v) is 6.20. The summed E-state index contributed by atoms with van der Waals surface area (Å²) < 4.78 is 5.80. The number of ether oxygens (including phenoxy) is 1. The SMILES string of the molecule is CC1CN(C(=O)c2ccc(N)cc2)CC(C)(C)O1. The molecule has 4 nitrogen and oxygen atoms in total. The van der Waals surface area contributed by atoms with Gasteiger partial charge in [0.05, 0.1) is 11.7 Å². The van der Waals surface area contributed by atoms with Crippen LogP contribution >= 0.6 is 0 Å². The van der Waals surface area contributed by atoms with Crippen molar-refractivity contribution in [2.75, 3.05) is 18.8 Å². The number of anilines is 1. The van der Waals surface area contributed by atoms with Crippen LogP contribution < -0.4 is 5.73 Å². The van der Waals surface area contributed by atoms with Crippen LogP contribution in [0.5, 0.6) is 0 Å². The second-order valence-corrected chi connectivity index (χ2v) is 5.50. The molecule has 18 heavy (non-hydrogen) atoms. The lowest BCUT2D eigenvalue weighted by Gasteiger charge is -2.41. The minimum atomic E-state index is -0.291. The first-order valence-electron chi connectivity index (χ1n) is 6.20. The van der Waals surface area contributed by atoms with Gasteiger partial charge in [0.2, 0.25) is 0 Å². The third-order valence-corrected chi connectivity index (χ3v) is 3.01. The summed E-state index contributed by atoms with van der Waals surface area (Å²) in [5.74, 6) is 0.0400. The number of nitrogen functional groups attached to an aromatic ring is 1. The summed E-state index contributed by atoms with van der Waals surface area (Å²) in [6, 6.07) is 7.04. The molecule has 1 saturated heterocycles. The van der Waals surface area contributed by atoms with Crippen molar-refractivity contribution in [3.63, 3.8) is 0 Å². The van der Waals surface area contributed by atoms with Gasteiger partial charge in [0.15, 0.2) is 0 Å². The van der Waals surface area contributed by atoms with Gasteiger partial charge in [0, 0.05) is 24.3 Å². The molecule has 1 aliphatic rings. The van der Waals surface area contributed by atoms with E-state index in [1.54, 1.807) is 24.3 Å². The highest BCUT2D eigenvalue weighted by Crippen LogP contribution is 2.22. The van der Waals surface area contributed by atoms with Gasteiger partial charge in [0.25, 0.3) is 5.91 Å². The summed E-state index contributed by atoms with van der Waals surface area (Å²) in [7, 11) is 0. The molecule has 0 radical (unpaired) electrons. The van der Waals surface area contributed by atoms with Crippen molar-refractivity contribution >= 4 is 11.6 Å². The van der Waals surface area contributed by atoms with Gasteiger partial charge < -0.3 is 15.4 Å². The second-order valence-electron chi connectivity index (χ2n) is 5.50. The third-order valence-electron chi connectivity index (χ3n) is 3.01. The zero-order valence-corrected chi connectivity index (χ0v) is 11.1. The number of nitrogens with two attached hydrogens (primary N) is 1.